The van der Waals surface area contributed by atoms with E-state index < -0.39 is 17.3 Å². The zero-order valence-electron chi connectivity index (χ0n) is 17.5. The van der Waals surface area contributed by atoms with E-state index in [2.05, 4.69) is 4.98 Å². The highest BCUT2D eigenvalue weighted by Gasteiger charge is 2.30. The molecule has 1 aliphatic rings. The quantitative estimate of drug-likeness (QED) is 0.713. The molecular formula is C21H29NO6. The summed E-state index contributed by atoms with van der Waals surface area (Å²) in [6.07, 6.45) is 1.40. The molecule has 0 saturated heterocycles. The Morgan fingerprint density at radius 3 is 2.32 bits per heavy atom. The Hall–Kier alpha value is -2.44. The van der Waals surface area contributed by atoms with E-state index in [1.54, 1.807) is 53.8 Å². The second kappa shape index (κ2) is 8.29. The third-order valence-corrected chi connectivity index (χ3v) is 3.76. The molecule has 0 aliphatic carbocycles. The number of rotatable bonds is 5. The third kappa shape index (κ3) is 6.94. The second-order valence-electron chi connectivity index (χ2n) is 8.95. The lowest BCUT2D eigenvalue weighted by Crippen LogP contribution is -2.35. The minimum Gasteiger partial charge on any atom is -0.466 e. The number of esters is 2. The average molecular weight is 391 g/mol. The number of ketones is 1. The van der Waals surface area contributed by atoms with Gasteiger partial charge in [0.05, 0.1) is 6.42 Å². The van der Waals surface area contributed by atoms with E-state index >= 15 is 0 Å². The number of nitrogens with zero attached hydrogens (tertiary/aromatic N) is 1. The van der Waals surface area contributed by atoms with Gasteiger partial charge in [-0.05, 0) is 53.2 Å². The summed E-state index contributed by atoms with van der Waals surface area (Å²) in [6.45, 7) is 10.8. The van der Waals surface area contributed by atoms with Gasteiger partial charge in [-0.2, -0.15) is 0 Å². The number of aromatic nitrogens is 1. The predicted octanol–water partition coefficient (Wildman–Crippen LogP) is 2.96. The zero-order valence-corrected chi connectivity index (χ0v) is 17.5. The van der Waals surface area contributed by atoms with Crippen molar-refractivity contribution in [2.75, 3.05) is 0 Å². The van der Waals surface area contributed by atoms with Crippen molar-refractivity contribution in [3.8, 4) is 5.88 Å². The van der Waals surface area contributed by atoms with Gasteiger partial charge in [0.25, 0.3) is 0 Å². The second-order valence-corrected chi connectivity index (χ2v) is 8.95. The Morgan fingerprint density at radius 1 is 1.11 bits per heavy atom. The Labute approximate surface area is 165 Å². The van der Waals surface area contributed by atoms with Gasteiger partial charge in [0.2, 0.25) is 5.88 Å². The molecule has 7 nitrogen and oxygen atoms in total. The molecule has 0 N–H and O–H groups in total. The standard InChI is InChI=1S/C21H29NO6/c1-20(2,3)27-17(24)8-7-16-15(23)11-14-9-13(12-22-19(14)26-16)10-18(25)28-21(4,5)6/h9,12,16H,7-8,10-11H2,1-6H3/t16-/m0/s1. The lowest BCUT2D eigenvalue weighted by Gasteiger charge is -2.25. The van der Waals surface area contributed by atoms with E-state index in [-0.39, 0.29) is 43.4 Å². The zero-order chi connectivity index (χ0) is 21.1. The van der Waals surface area contributed by atoms with Crippen molar-refractivity contribution in [1.29, 1.82) is 0 Å². The molecule has 2 rings (SSSR count). The van der Waals surface area contributed by atoms with Gasteiger partial charge in [-0.15, -0.1) is 0 Å². The lowest BCUT2D eigenvalue weighted by atomic mass is 9.98. The summed E-state index contributed by atoms with van der Waals surface area (Å²) in [5.74, 6) is -0.475. The van der Waals surface area contributed by atoms with Crippen LogP contribution in [-0.2, 0) is 36.7 Å². The van der Waals surface area contributed by atoms with Crippen LogP contribution in [0.15, 0.2) is 12.3 Å². The van der Waals surface area contributed by atoms with E-state index in [9.17, 15) is 14.4 Å². The molecule has 1 atom stereocenters. The molecular weight excluding hydrogens is 362 g/mol. The number of carbonyl (C=O) groups excluding carboxylic acids is 3. The minimum absolute atomic E-state index is 0.0772. The number of Topliss-reactive ketones (excluding diaryl/α,β-unsaturated/α-hetero) is 1. The summed E-state index contributed by atoms with van der Waals surface area (Å²) in [5, 5.41) is 0. The summed E-state index contributed by atoms with van der Waals surface area (Å²) >= 11 is 0. The SMILES string of the molecule is CC(C)(C)OC(=O)CC[C@@H]1Oc2ncc(CC(=O)OC(C)(C)C)cc2CC1=O. The van der Waals surface area contributed by atoms with Crippen molar-refractivity contribution < 1.29 is 28.6 Å². The van der Waals surface area contributed by atoms with Crippen LogP contribution in [0.5, 0.6) is 5.88 Å². The van der Waals surface area contributed by atoms with Crippen molar-refractivity contribution in [3.05, 3.63) is 23.4 Å². The number of hydrogen-bond acceptors (Lipinski definition) is 7. The highest BCUT2D eigenvalue weighted by molar-refractivity contribution is 5.88. The van der Waals surface area contributed by atoms with Gasteiger partial charge in [0.15, 0.2) is 11.9 Å². The maximum absolute atomic E-state index is 12.4. The molecule has 1 aromatic rings. The molecule has 0 fully saturated rings. The Balaban J connectivity index is 1.97. The Kier molecular flexibility index (Phi) is 6.47. The number of pyridine rings is 1. The number of fused-ring (bicyclic) bond motifs is 1. The van der Waals surface area contributed by atoms with Crippen LogP contribution in [0.3, 0.4) is 0 Å². The van der Waals surface area contributed by atoms with Crippen molar-refractivity contribution in [2.45, 2.75) is 84.5 Å². The van der Waals surface area contributed by atoms with Crippen LogP contribution in [-0.4, -0.2) is 40.0 Å². The molecule has 154 valence electrons. The molecule has 0 spiro atoms. The summed E-state index contributed by atoms with van der Waals surface area (Å²) in [7, 11) is 0. The molecule has 0 unspecified atom stereocenters. The largest absolute Gasteiger partial charge is 0.466 e. The Morgan fingerprint density at radius 2 is 1.71 bits per heavy atom. The van der Waals surface area contributed by atoms with Crippen molar-refractivity contribution in [3.63, 3.8) is 0 Å². The van der Waals surface area contributed by atoms with Gasteiger partial charge in [-0.25, -0.2) is 4.98 Å². The van der Waals surface area contributed by atoms with Crippen molar-refractivity contribution in [2.24, 2.45) is 0 Å². The fraction of sp³-hybridized carbons (Fsp3) is 0.619. The summed E-state index contributed by atoms with van der Waals surface area (Å²) in [6, 6.07) is 1.74. The van der Waals surface area contributed by atoms with E-state index in [0.29, 0.717) is 17.0 Å². The monoisotopic (exact) mass is 391 g/mol. The van der Waals surface area contributed by atoms with Crippen LogP contribution in [0.2, 0.25) is 0 Å². The lowest BCUT2D eigenvalue weighted by molar-refractivity contribution is -0.156. The van der Waals surface area contributed by atoms with Gasteiger partial charge in [-0.3, -0.25) is 14.4 Å². The highest BCUT2D eigenvalue weighted by Crippen LogP contribution is 2.26. The molecule has 0 saturated carbocycles. The molecule has 28 heavy (non-hydrogen) atoms. The maximum Gasteiger partial charge on any atom is 0.310 e. The Bertz CT molecular complexity index is 757. The predicted molar refractivity (Wildman–Crippen MR) is 102 cm³/mol. The molecule has 2 heterocycles. The van der Waals surface area contributed by atoms with Crippen LogP contribution in [0.1, 0.15) is 65.5 Å². The normalized spacial score (nSPS) is 16.8. The van der Waals surface area contributed by atoms with E-state index in [0.717, 1.165) is 0 Å². The molecule has 0 amide bonds. The van der Waals surface area contributed by atoms with E-state index in [1.165, 1.54) is 0 Å². The first-order chi connectivity index (χ1) is 12.8. The average Bonchev–Trinajstić information content (AvgIpc) is 2.49. The molecule has 0 aromatic carbocycles. The molecule has 7 heteroatoms. The van der Waals surface area contributed by atoms with Gasteiger partial charge in [-0.1, -0.05) is 0 Å². The van der Waals surface area contributed by atoms with Crippen LogP contribution in [0.25, 0.3) is 0 Å². The fourth-order valence-corrected chi connectivity index (χ4v) is 2.78. The summed E-state index contributed by atoms with van der Waals surface area (Å²) in [5.41, 5.74) is 0.183. The van der Waals surface area contributed by atoms with Crippen molar-refractivity contribution in [1.82, 2.24) is 4.98 Å². The number of hydrogen-bond donors (Lipinski definition) is 0. The van der Waals surface area contributed by atoms with E-state index in [1.807, 2.05) is 0 Å². The number of ether oxygens (including phenoxy) is 3. The van der Waals surface area contributed by atoms with Crippen LogP contribution < -0.4 is 4.74 Å². The molecule has 1 aromatic heterocycles. The van der Waals surface area contributed by atoms with E-state index in [4.69, 9.17) is 14.2 Å². The van der Waals surface area contributed by atoms with Crippen LogP contribution in [0.4, 0.5) is 0 Å². The highest BCUT2D eigenvalue weighted by atomic mass is 16.6. The van der Waals surface area contributed by atoms with Gasteiger partial charge in [0.1, 0.15) is 11.2 Å². The summed E-state index contributed by atoms with van der Waals surface area (Å²) in [4.78, 5) is 40.4. The fourth-order valence-electron chi connectivity index (χ4n) is 2.78. The first-order valence-electron chi connectivity index (χ1n) is 9.43. The smallest absolute Gasteiger partial charge is 0.310 e. The molecule has 0 bridgehead atoms. The molecule has 1 aliphatic heterocycles. The third-order valence-electron chi connectivity index (χ3n) is 3.76. The summed E-state index contributed by atoms with van der Waals surface area (Å²) < 4.78 is 16.2. The van der Waals surface area contributed by atoms with Gasteiger partial charge < -0.3 is 14.2 Å². The molecule has 0 radical (unpaired) electrons. The van der Waals surface area contributed by atoms with Gasteiger partial charge in [0, 0.05) is 31.0 Å². The van der Waals surface area contributed by atoms with Crippen LogP contribution in [0, 0.1) is 0 Å². The first kappa shape index (κ1) is 21.9. The van der Waals surface area contributed by atoms with Crippen LogP contribution >= 0.6 is 0 Å². The van der Waals surface area contributed by atoms with Crippen molar-refractivity contribution >= 4 is 17.7 Å². The topological polar surface area (TPSA) is 91.8 Å². The van der Waals surface area contributed by atoms with Gasteiger partial charge >= 0.3 is 11.9 Å². The minimum atomic E-state index is -0.718. The number of carbonyl (C=O) groups is 3. The maximum atomic E-state index is 12.4. The first-order valence-corrected chi connectivity index (χ1v) is 9.43.